The first-order valence-corrected chi connectivity index (χ1v) is 8.00. The van der Waals surface area contributed by atoms with Gasteiger partial charge in [-0.15, -0.1) is 0 Å². The standard InChI is InChI=1S/C13H17N3O3S/c14-6-12-5-13(8-16(12)11-1-2-11)20(17,18)15-7-10-3-4-19-9-10/h3-5,8-9,11,15H,1-2,6-7,14H2. The van der Waals surface area contributed by atoms with Gasteiger partial charge in [0, 0.05) is 36.6 Å². The second kappa shape index (κ2) is 5.08. The van der Waals surface area contributed by atoms with E-state index in [2.05, 4.69) is 4.72 Å². The maximum atomic E-state index is 12.3. The summed E-state index contributed by atoms with van der Waals surface area (Å²) in [4.78, 5) is 0.272. The minimum absolute atomic E-state index is 0.214. The summed E-state index contributed by atoms with van der Waals surface area (Å²) < 4.78 is 34.0. The Balaban J connectivity index is 1.79. The van der Waals surface area contributed by atoms with Gasteiger partial charge in [0.2, 0.25) is 10.0 Å². The lowest BCUT2D eigenvalue weighted by Gasteiger charge is -2.04. The van der Waals surface area contributed by atoms with E-state index in [1.807, 2.05) is 4.57 Å². The summed E-state index contributed by atoms with van der Waals surface area (Å²) in [5, 5.41) is 0. The predicted octanol–water partition coefficient (Wildman–Crippen LogP) is 1.35. The SMILES string of the molecule is NCc1cc(S(=O)(=O)NCc2ccoc2)cn1C1CC1. The van der Waals surface area contributed by atoms with E-state index in [1.54, 1.807) is 18.3 Å². The van der Waals surface area contributed by atoms with Gasteiger partial charge >= 0.3 is 0 Å². The van der Waals surface area contributed by atoms with Crippen LogP contribution in [0.15, 0.2) is 40.2 Å². The van der Waals surface area contributed by atoms with Gasteiger partial charge in [0.1, 0.15) is 0 Å². The number of nitrogens with one attached hydrogen (secondary N) is 1. The first-order chi connectivity index (χ1) is 9.60. The maximum Gasteiger partial charge on any atom is 0.242 e. The monoisotopic (exact) mass is 295 g/mol. The topological polar surface area (TPSA) is 90.3 Å². The molecule has 2 heterocycles. The van der Waals surface area contributed by atoms with Gasteiger partial charge in [0.15, 0.2) is 0 Å². The van der Waals surface area contributed by atoms with Gasteiger partial charge in [0.25, 0.3) is 0 Å². The molecular weight excluding hydrogens is 278 g/mol. The molecule has 3 N–H and O–H groups in total. The molecule has 0 saturated heterocycles. The van der Waals surface area contributed by atoms with E-state index in [0.717, 1.165) is 24.1 Å². The van der Waals surface area contributed by atoms with Crippen LogP contribution in [0.5, 0.6) is 0 Å². The van der Waals surface area contributed by atoms with Crippen molar-refractivity contribution in [3.8, 4) is 0 Å². The number of hydrogen-bond donors (Lipinski definition) is 2. The second-order valence-electron chi connectivity index (χ2n) is 4.97. The summed E-state index contributed by atoms with van der Waals surface area (Å²) in [6.45, 7) is 0.555. The molecule has 0 unspecified atom stereocenters. The van der Waals surface area contributed by atoms with Crippen molar-refractivity contribution in [3.63, 3.8) is 0 Å². The third-order valence-corrected chi connectivity index (χ3v) is 4.78. The summed E-state index contributed by atoms with van der Waals surface area (Å²) in [5.74, 6) is 0. The van der Waals surface area contributed by atoms with Crippen LogP contribution in [-0.4, -0.2) is 13.0 Å². The van der Waals surface area contributed by atoms with Gasteiger partial charge in [-0.3, -0.25) is 0 Å². The van der Waals surface area contributed by atoms with Crippen LogP contribution in [0.4, 0.5) is 0 Å². The van der Waals surface area contributed by atoms with Crippen molar-refractivity contribution in [2.45, 2.75) is 36.9 Å². The molecule has 1 fully saturated rings. The van der Waals surface area contributed by atoms with Crippen LogP contribution < -0.4 is 10.5 Å². The Hall–Kier alpha value is -1.57. The maximum absolute atomic E-state index is 12.3. The van der Waals surface area contributed by atoms with Gasteiger partial charge < -0.3 is 14.7 Å². The number of aromatic nitrogens is 1. The minimum Gasteiger partial charge on any atom is -0.472 e. The van der Waals surface area contributed by atoms with E-state index in [4.69, 9.17) is 10.2 Å². The van der Waals surface area contributed by atoms with Gasteiger partial charge in [-0.05, 0) is 25.0 Å². The Morgan fingerprint density at radius 3 is 2.85 bits per heavy atom. The fourth-order valence-electron chi connectivity index (χ4n) is 2.15. The molecular formula is C13H17N3O3S. The van der Waals surface area contributed by atoms with Crippen LogP contribution in [0, 0.1) is 0 Å². The van der Waals surface area contributed by atoms with E-state index in [0.29, 0.717) is 12.6 Å². The summed E-state index contributed by atoms with van der Waals surface area (Å²) in [6, 6.07) is 3.78. The van der Waals surface area contributed by atoms with Crippen molar-refractivity contribution in [1.82, 2.24) is 9.29 Å². The molecule has 7 heteroatoms. The highest BCUT2D eigenvalue weighted by Gasteiger charge is 2.27. The lowest BCUT2D eigenvalue weighted by molar-refractivity contribution is 0.561. The van der Waals surface area contributed by atoms with Gasteiger partial charge in [-0.25, -0.2) is 13.1 Å². The van der Waals surface area contributed by atoms with E-state index >= 15 is 0 Å². The minimum atomic E-state index is -3.52. The average molecular weight is 295 g/mol. The van der Waals surface area contributed by atoms with E-state index < -0.39 is 10.0 Å². The highest BCUT2D eigenvalue weighted by molar-refractivity contribution is 7.89. The average Bonchev–Trinajstić information content (AvgIpc) is 2.98. The Morgan fingerprint density at radius 2 is 2.25 bits per heavy atom. The van der Waals surface area contributed by atoms with Crippen LogP contribution in [0.25, 0.3) is 0 Å². The second-order valence-corrected chi connectivity index (χ2v) is 6.73. The Kier molecular flexibility index (Phi) is 3.41. The smallest absolute Gasteiger partial charge is 0.242 e. The number of hydrogen-bond acceptors (Lipinski definition) is 4. The summed E-state index contributed by atoms with van der Waals surface area (Å²) in [6.07, 6.45) is 6.88. The molecule has 0 radical (unpaired) electrons. The molecule has 1 aliphatic carbocycles. The highest BCUT2D eigenvalue weighted by Crippen LogP contribution is 2.37. The van der Waals surface area contributed by atoms with Gasteiger partial charge in [-0.1, -0.05) is 0 Å². The predicted molar refractivity (Wildman–Crippen MR) is 73.3 cm³/mol. The lowest BCUT2D eigenvalue weighted by Crippen LogP contribution is -2.22. The molecule has 0 bridgehead atoms. The van der Waals surface area contributed by atoms with Crippen LogP contribution in [0.3, 0.4) is 0 Å². The quantitative estimate of drug-likeness (QED) is 0.841. The molecule has 108 valence electrons. The van der Waals surface area contributed by atoms with E-state index in [1.165, 1.54) is 12.5 Å². The first-order valence-electron chi connectivity index (χ1n) is 6.52. The van der Waals surface area contributed by atoms with Gasteiger partial charge in [0.05, 0.1) is 17.4 Å². The zero-order chi connectivity index (χ0) is 14.2. The molecule has 1 aliphatic rings. The molecule has 2 aromatic rings. The van der Waals surface area contributed by atoms with E-state index in [-0.39, 0.29) is 11.4 Å². The van der Waals surface area contributed by atoms with Crippen molar-refractivity contribution in [1.29, 1.82) is 0 Å². The van der Waals surface area contributed by atoms with Crippen molar-refractivity contribution >= 4 is 10.0 Å². The van der Waals surface area contributed by atoms with Gasteiger partial charge in [-0.2, -0.15) is 0 Å². The zero-order valence-electron chi connectivity index (χ0n) is 11.0. The molecule has 0 aromatic carbocycles. The van der Waals surface area contributed by atoms with Crippen molar-refractivity contribution in [2.75, 3.05) is 0 Å². The molecule has 20 heavy (non-hydrogen) atoms. The summed E-state index contributed by atoms with van der Waals surface area (Å²) >= 11 is 0. The third-order valence-electron chi connectivity index (χ3n) is 3.41. The molecule has 6 nitrogen and oxygen atoms in total. The lowest BCUT2D eigenvalue weighted by atomic mass is 10.4. The molecule has 2 aromatic heterocycles. The Bertz CT molecular complexity index is 685. The third kappa shape index (κ3) is 2.65. The van der Waals surface area contributed by atoms with Crippen LogP contribution in [0.2, 0.25) is 0 Å². The Labute approximate surface area is 117 Å². The number of nitrogens with zero attached hydrogens (tertiary/aromatic N) is 1. The number of nitrogens with two attached hydrogens (primary N) is 1. The molecule has 0 atom stereocenters. The van der Waals surface area contributed by atoms with Crippen molar-refractivity contribution in [3.05, 3.63) is 42.1 Å². The molecule has 0 aliphatic heterocycles. The fraction of sp³-hybridized carbons (Fsp3) is 0.385. The first kappa shape index (κ1) is 13.4. The fourth-order valence-corrected chi connectivity index (χ4v) is 3.22. The molecule has 3 rings (SSSR count). The number of sulfonamides is 1. The molecule has 1 saturated carbocycles. The summed E-state index contributed by atoms with van der Waals surface area (Å²) in [7, 11) is -3.52. The number of rotatable bonds is 6. The zero-order valence-corrected chi connectivity index (χ0v) is 11.8. The number of furan rings is 1. The Morgan fingerprint density at radius 1 is 1.45 bits per heavy atom. The highest BCUT2D eigenvalue weighted by atomic mass is 32.2. The van der Waals surface area contributed by atoms with Crippen LogP contribution >= 0.6 is 0 Å². The molecule has 0 amide bonds. The normalized spacial score (nSPS) is 15.7. The van der Waals surface area contributed by atoms with Crippen LogP contribution in [-0.2, 0) is 23.1 Å². The summed E-state index contributed by atoms with van der Waals surface area (Å²) in [5.41, 5.74) is 7.32. The van der Waals surface area contributed by atoms with Crippen LogP contribution in [0.1, 0.15) is 30.1 Å². The van der Waals surface area contributed by atoms with Crippen molar-refractivity contribution < 1.29 is 12.8 Å². The van der Waals surface area contributed by atoms with E-state index in [9.17, 15) is 8.42 Å². The van der Waals surface area contributed by atoms with Crippen molar-refractivity contribution in [2.24, 2.45) is 5.73 Å². The largest absolute Gasteiger partial charge is 0.472 e. The molecule has 0 spiro atoms.